The lowest BCUT2D eigenvalue weighted by Gasteiger charge is -2.07. The van der Waals surface area contributed by atoms with E-state index >= 15 is 0 Å². The molecule has 0 aliphatic heterocycles. The maximum absolute atomic E-state index is 12.5. The largest absolute Gasteiger partial charge is 0.416 e. The van der Waals surface area contributed by atoms with Gasteiger partial charge in [0.1, 0.15) is 17.3 Å². The second kappa shape index (κ2) is 4.85. The van der Waals surface area contributed by atoms with Crippen LogP contribution in [0.3, 0.4) is 0 Å². The standard InChI is InChI=1S/C14H16F3N3/c1-8(2)13-19-11(12(18)20(13)3)9-4-6-10(7-5-9)14(15,16)17/h4-8H,18H2,1-3H3. The SMILES string of the molecule is CC(C)c1nc(-c2ccc(C(F)(F)F)cc2)c(N)n1C. The predicted octanol–water partition coefficient (Wildman–Crippen LogP) is 3.81. The van der Waals surface area contributed by atoms with E-state index in [2.05, 4.69) is 4.98 Å². The third kappa shape index (κ3) is 2.50. The van der Waals surface area contributed by atoms with Gasteiger partial charge in [0.2, 0.25) is 0 Å². The summed E-state index contributed by atoms with van der Waals surface area (Å²) in [5.41, 5.74) is 6.39. The first-order valence-electron chi connectivity index (χ1n) is 6.21. The van der Waals surface area contributed by atoms with Gasteiger partial charge < -0.3 is 10.3 Å². The Morgan fingerprint density at radius 1 is 1.15 bits per heavy atom. The van der Waals surface area contributed by atoms with E-state index in [0.29, 0.717) is 17.1 Å². The van der Waals surface area contributed by atoms with E-state index < -0.39 is 11.7 Å². The number of anilines is 1. The van der Waals surface area contributed by atoms with Gasteiger partial charge in [0.15, 0.2) is 0 Å². The third-order valence-electron chi connectivity index (χ3n) is 3.18. The fourth-order valence-corrected chi connectivity index (χ4v) is 2.07. The van der Waals surface area contributed by atoms with Gasteiger partial charge >= 0.3 is 6.18 Å². The first kappa shape index (κ1) is 14.4. The number of nitrogens with two attached hydrogens (primary N) is 1. The van der Waals surface area contributed by atoms with Gasteiger partial charge in [-0.1, -0.05) is 26.0 Å². The van der Waals surface area contributed by atoms with Gasteiger partial charge in [0, 0.05) is 18.5 Å². The number of hydrogen-bond donors (Lipinski definition) is 1. The molecule has 0 fully saturated rings. The highest BCUT2D eigenvalue weighted by Crippen LogP contribution is 2.33. The molecule has 108 valence electrons. The van der Waals surface area contributed by atoms with Crippen molar-refractivity contribution < 1.29 is 13.2 Å². The third-order valence-corrected chi connectivity index (χ3v) is 3.18. The van der Waals surface area contributed by atoms with Crippen LogP contribution in [0.1, 0.15) is 31.2 Å². The van der Waals surface area contributed by atoms with Crippen LogP contribution in [0.4, 0.5) is 19.0 Å². The van der Waals surface area contributed by atoms with Crippen molar-refractivity contribution in [2.45, 2.75) is 25.9 Å². The second-order valence-electron chi connectivity index (χ2n) is 4.99. The zero-order valence-corrected chi connectivity index (χ0v) is 11.5. The fraction of sp³-hybridized carbons (Fsp3) is 0.357. The molecule has 1 aromatic carbocycles. The van der Waals surface area contributed by atoms with E-state index in [-0.39, 0.29) is 5.92 Å². The predicted molar refractivity (Wildman–Crippen MR) is 72.1 cm³/mol. The Kier molecular flexibility index (Phi) is 3.50. The number of aromatic nitrogens is 2. The van der Waals surface area contributed by atoms with E-state index in [1.165, 1.54) is 12.1 Å². The molecule has 0 unspecified atom stereocenters. The Morgan fingerprint density at radius 3 is 2.10 bits per heavy atom. The van der Waals surface area contributed by atoms with Crippen molar-refractivity contribution in [1.29, 1.82) is 0 Å². The molecule has 6 heteroatoms. The number of rotatable bonds is 2. The van der Waals surface area contributed by atoms with E-state index in [1.54, 1.807) is 11.6 Å². The normalized spacial score (nSPS) is 12.2. The molecule has 0 saturated heterocycles. The van der Waals surface area contributed by atoms with E-state index in [0.717, 1.165) is 18.0 Å². The number of halogens is 3. The van der Waals surface area contributed by atoms with E-state index in [1.807, 2.05) is 13.8 Å². The summed E-state index contributed by atoms with van der Waals surface area (Å²) in [4.78, 5) is 4.43. The molecule has 0 spiro atoms. The van der Waals surface area contributed by atoms with E-state index in [9.17, 15) is 13.2 Å². The first-order valence-corrected chi connectivity index (χ1v) is 6.21. The Hall–Kier alpha value is -1.98. The highest BCUT2D eigenvalue weighted by Gasteiger charge is 2.30. The topological polar surface area (TPSA) is 43.8 Å². The summed E-state index contributed by atoms with van der Waals surface area (Å²) in [5, 5.41) is 0. The number of nitrogens with zero attached hydrogens (tertiary/aromatic N) is 2. The maximum Gasteiger partial charge on any atom is 0.416 e. The van der Waals surface area contributed by atoms with Crippen LogP contribution in [-0.2, 0) is 13.2 Å². The molecule has 2 N–H and O–H groups in total. The zero-order chi connectivity index (χ0) is 15.1. The summed E-state index contributed by atoms with van der Waals surface area (Å²) < 4.78 is 39.4. The lowest BCUT2D eigenvalue weighted by Crippen LogP contribution is -2.04. The second-order valence-corrected chi connectivity index (χ2v) is 4.99. The van der Waals surface area contributed by atoms with Crippen molar-refractivity contribution in [2.24, 2.45) is 7.05 Å². The molecule has 2 rings (SSSR count). The lowest BCUT2D eigenvalue weighted by atomic mass is 10.1. The number of benzene rings is 1. The fourth-order valence-electron chi connectivity index (χ4n) is 2.07. The maximum atomic E-state index is 12.5. The van der Waals surface area contributed by atoms with Crippen molar-refractivity contribution >= 4 is 5.82 Å². The molecule has 0 aliphatic carbocycles. The van der Waals surface area contributed by atoms with Crippen LogP contribution in [0.25, 0.3) is 11.3 Å². The summed E-state index contributed by atoms with van der Waals surface area (Å²) in [7, 11) is 1.80. The molecular formula is C14H16F3N3. The van der Waals surface area contributed by atoms with Crippen molar-refractivity contribution in [3.8, 4) is 11.3 Å². The lowest BCUT2D eigenvalue weighted by molar-refractivity contribution is -0.137. The van der Waals surface area contributed by atoms with Gasteiger partial charge in [-0.25, -0.2) is 4.98 Å². The molecule has 0 aliphatic rings. The number of imidazole rings is 1. The molecule has 0 radical (unpaired) electrons. The van der Waals surface area contributed by atoms with Gasteiger partial charge in [-0.3, -0.25) is 0 Å². The molecule has 1 heterocycles. The Balaban J connectivity index is 2.45. The highest BCUT2D eigenvalue weighted by molar-refractivity contribution is 5.71. The van der Waals surface area contributed by atoms with Gasteiger partial charge in [-0.2, -0.15) is 13.2 Å². The van der Waals surface area contributed by atoms with Crippen molar-refractivity contribution in [3.05, 3.63) is 35.7 Å². The highest BCUT2D eigenvalue weighted by atomic mass is 19.4. The van der Waals surface area contributed by atoms with Crippen LogP contribution in [0.15, 0.2) is 24.3 Å². The Labute approximate surface area is 115 Å². The van der Waals surface area contributed by atoms with Gasteiger partial charge in [0.25, 0.3) is 0 Å². The summed E-state index contributed by atoms with van der Waals surface area (Å²) in [6, 6.07) is 4.87. The van der Waals surface area contributed by atoms with Crippen molar-refractivity contribution in [1.82, 2.24) is 9.55 Å². The van der Waals surface area contributed by atoms with Crippen LogP contribution in [0.5, 0.6) is 0 Å². The summed E-state index contributed by atoms with van der Waals surface area (Å²) >= 11 is 0. The zero-order valence-electron chi connectivity index (χ0n) is 11.5. The molecule has 1 aromatic heterocycles. The summed E-state index contributed by atoms with van der Waals surface area (Å²) in [5.74, 6) is 1.44. The van der Waals surface area contributed by atoms with Crippen LogP contribution in [0, 0.1) is 0 Å². The summed E-state index contributed by atoms with van der Waals surface area (Å²) in [6.45, 7) is 3.97. The minimum absolute atomic E-state index is 0.186. The van der Waals surface area contributed by atoms with Gasteiger partial charge in [0.05, 0.1) is 5.56 Å². The molecule has 3 nitrogen and oxygen atoms in total. The van der Waals surface area contributed by atoms with Crippen molar-refractivity contribution in [2.75, 3.05) is 5.73 Å². The monoisotopic (exact) mass is 283 g/mol. The average molecular weight is 283 g/mol. The minimum Gasteiger partial charge on any atom is -0.383 e. The summed E-state index contributed by atoms with van der Waals surface area (Å²) in [6.07, 6.45) is -4.34. The Bertz CT molecular complexity index is 610. The quantitative estimate of drug-likeness (QED) is 0.910. The molecular weight excluding hydrogens is 267 g/mol. The molecule has 2 aromatic rings. The number of hydrogen-bond acceptors (Lipinski definition) is 2. The number of alkyl halides is 3. The van der Waals surface area contributed by atoms with Crippen LogP contribution >= 0.6 is 0 Å². The van der Waals surface area contributed by atoms with Crippen molar-refractivity contribution in [3.63, 3.8) is 0 Å². The average Bonchev–Trinajstić information content (AvgIpc) is 2.66. The van der Waals surface area contributed by atoms with E-state index in [4.69, 9.17) is 5.73 Å². The Morgan fingerprint density at radius 2 is 1.70 bits per heavy atom. The molecule has 0 saturated carbocycles. The number of nitrogen functional groups attached to an aromatic ring is 1. The molecule has 0 amide bonds. The molecule has 0 atom stereocenters. The van der Waals surface area contributed by atoms with Gasteiger partial charge in [-0.15, -0.1) is 0 Å². The van der Waals surface area contributed by atoms with Gasteiger partial charge in [-0.05, 0) is 12.1 Å². The van der Waals surface area contributed by atoms with Crippen LogP contribution in [0.2, 0.25) is 0 Å². The molecule has 20 heavy (non-hydrogen) atoms. The molecule has 0 bridgehead atoms. The van der Waals surface area contributed by atoms with Crippen LogP contribution in [-0.4, -0.2) is 9.55 Å². The minimum atomic E-state index is -4.34. The smallest absolute Gasteiger partial charge is 0.383 e. The first-order chi connectivity index (χ1) is 9.21. The van der Waals surface area contributed by atoms with Crippen LogP contribution < -0.4 is 5.73 Å².